The second kappa shape index (κ2) is 5.75. The minimum Gasteiger partial charge on any atom is -0.309 e. The first-order valence-corrected chi connectivity index (χ1v) is 8.69. The molecule has 0 fully saturated rings. The number of hydrogen-bond donors (Lipinski definition) is 0. The Labute approximate surface area is 141 Å². The van der Waals surface area contributed by atoms with Gasteiger partial charge in [0.15, 0.2) is 5.16 Å². The summed E-state index contributed by atoms with van der Waals surface area (Å²) in [6, 6.07) is 12.5. The summed E-state index contributed by atoms with van der Waals surface area (Å²) in [6.45, 7) is 1.94. The highest BCUT2D eigenvalue weighted by Crippen LogP contribution is 2.37. The zero-order valence-electron chi connectivity index (χ0n) is 12.6. The van der Waals surface area contributed by atoms with E-state index in [4.69, 9.17) is 0 Å². The number of thiophene rings is 1. The Hall–Kier alpha value is -2.25. The van der Waals surface area contributed by atoms with Crippen molar-refractivity contribution in [1.29, 1.82) is 0 Å². The molecule has 0 bridgehead atoms. The normalized spacial score (nSPS) is 11.2. The molecule has 0 aliphatic heterocycles. The van der Waals surface area contributed by atoms with E-state index in [9.17, 15) is 0 Å². The maximum absolute atomic E-state index is 4.44. The van der Waals surface area contributed by atoms with Crippen LogP contribution in [0.5, 0.6) is 0 Å². The number of aromatic nitrogens is 5. The van der Waals surface area contributed by atoms with Crippen molar-refractivity contribution >= 4 is 33.3 Å². The van der Waals surface area contributed by atoms with Crippen LogP contribution in [-0.4, -0.2) is 24.7 Å². The molecule has 23 heavy (non-hydrogen) atoms. The van der Waals surface area contributed by atoms with Gasteiger partial charge in [-0.3, -0.25) is 0 Å². The lowest BCUT2D eigenvalue weighted by atomic mass is 10.2. The van der Waals surface area contributed by atoms with E-state index in [0.717, 1.165) is 26.2 Å². The molecule has 3 aromatic heterocycles. The van der Waals surface area contributed by atoms with Crippen LogP contribution in [-0.2, 0) is 7.05 Å². The van der Waals surface area contributed by atoms with Gasteiger partial charge in [0.1, 0.15) is 22.0 Å². The number of fused-ring (bicyclic) bond motifs is 1. The molecule has 0 saturated heterocycles. The summed E-state index contributed by atoms with van der Waals surface area (Å²) in [7, 11) is 1.96. The highest BCUT2D eigenvalue weighted by molar-refractivity contribution is 7.99. The van der Waals surface area contributed by atoms with Crippen molar-refractivity contribution in [3.8, 4) is 10.4 Å². The molecule has 4 rings (SSSR count). The molecule has 0 unspecified atom stereocenters. The second-order valence-electron chi connectivity index (χ2n) is 5.07. The molecule has 4 aromatic rings. The number of benzene rings is 1. The van der Waals surface area contributed by atoms with Crippen molar-refractivity contribution in [3.63, 3.8) is 0 Å². The molecule has 5 nitrogen and oxygen atoms in total. The fraction of sp³-hybridized carbons (Fsp3) is 0.125. The van der Waals surface area contributed by atoms with E-state index in [2.05, 4.69) is 38.4 Å². The van der Waals surface area contributed by atoms with E-state index in [1.165, 1.54) is 22.2 Å². The Morgan fingerprint density at radius 3 is 2.65 bits per heavy atom. The van der Waals surface area contributed by atoms with Crippen molar-refractivity contribution in [3.05, 3.63) is 48.5 Å². The van der Waals surface area contributed by atoms with Crippen LogP contribution < -0.4 is 0 Å². The predicted molar refractivity (Wildman–Crippen MR) is 92.7 cm³/mol. The van der Waals surface area contributed by atoms with Gasteiger partial charge in [0.2, 0.25) is 0 Å². The third kappa shape index (κ3) is 2.62. The number of nitrogens with zero attached hydrogens (tertiary/aromatic N) is 5. The number of aryl methyl sites for hydroxylation is 1. The van der Waals surface area contributed by atoms with Crippen LogP contribution in [0.15, 0.2) is 52.9 Å². The first-order valence-electron chi connectivity index (χ1n) is 7.06. The van der Waals surface area contributed by atoms with Crippen LogP contribution in [0, 0.1) is 6.92 Å². The van der Waals surface area contributed by atoms with Gasteiger partial charge < -0.3 is 4.57 Å². The van der Waals surface area contributed by atoms with Gasteiger partial charge in [0.05, 0.1) is 0 Å². The monoisotopic (exact) mass is 339 g/mol. The molecule has 0 radical (unpaired) electrons. The maximum Gasteiger partial charge on any atom is 0.197 e. The summed E-state index contributed by atoms with van der Waals surface area (Å²) >= 11 is 3.20. The molecule has 0 aliphatic rings. The lowest BCUT2D eigenvalue weighted by Crippen LogP contribution is -1.94. The highest BCUT2D eigenvalue weighted by atomic mass is 32.2. The predicted octanol–water partition coefficient (Wildman–Crippen LogP) is 3.95. The van der Waals surface area contributed by atoms with Gasteiger partial charge in [-0.25, -0.2) is 9.97 Å². The van der Waals surface area contributed by atoms with E-state index < -0.39 is 0 Å². The van der Waals surface area contributed by atoms with Gasteiger partial charge in [0, 0.05) is 17.3 Å². The molecule has 3 heterocycles. The molecule has 1 aromatic carbocycles. The van der Waals surface area contributed by atoms with Crippen molar-refractivity contribution < 1.29 is 0 Å². The summed E-state index contributed by atoms with van der Waals surface area (Å²) in [5.74, 6) is 0.882. The molecular weight excluding hydrogens is 326 g/mol. The van der Waals surface area contributed by atoms with Crippen LogP contribution in [0.25, 0.3) is 20.7 Å². The van der Waals surface area contributed by atoms with Gasteiger partial charge in [-0.05, 0) is 30.3 Å². The van der Waals surface area contributed by atoms with Gasteiger partial charge in [-0.1, -0.05) is 30.3 Å². The molecule has 114 valence electrons. The number of rotatable bonds is 3. The van der Waals surface area contributed by atoms with Gasteiger partial charge in [0.25, 0.3) is 0 Å². The lowest BCUT2D eigenvalue weighted by molar-refractivity contribution is 0.765. The van der Waals surface area contributed by atoms with Crippen molar-refractivity contribution in [1.82, 2.24) is 24.7 Å². The first-order chi connectivity index (χ1) is 11.2. The Kier molecular flexibility index (Phi) is 3.59. The Morgan fingerprint density at radius 1 is 1.09 bits per heavy atom. The SMILES string of the molecule is Cc1nnc(Sc2ncnc3sc(-c4ccccc4)cc23)n1C. The lowest BCUT2D eigenvalue weighted by Gasteiger charge is -2.01. The van der Waals surface area contributed by atoms with E-state index >= 15 is 0 Å². The highest BCUT2D eigenvalue weighted by Gasteiger charge is 2.14. The summed E-state index contributed by atoms with van der Waals surface area (Å²) < 4.78 is 1.96. The largest absolute Gasteiger partial charge is 0.309 e. The van der Waals surface area contributed by atoms with E-state index in [-0.39, 0.29) is 0 Å². The summed E-state index contributed by atoms with van der Waals surface area (Å²) in [4.78, 5) is 11.0. The third-order valence-electron chi connectivity index (χ3n) is 3.59. The summed E-state index contributed by atoms with van der Waals surface area (Å²) in [5.41, 5.74) is 1.20. The smallest absolute Gasteiger partial charge is 0.197 e. The van der Waals surface area contributed by atoms with Crippen LogP contribution in [0.1, 0.15) is 5.82 Å². The molecule has 0 atom stereocenters. The number of hydrogen-bond acceptors (Lipinski definition) is 6. The van der Waals surface area contributed by atoms with E-state index in [1.807, 2.05) is 36.7 Å². The average molecular weight is 339 g/mol. The maximum atomic E-state index is 4.44. The zero-order valence-corrected chi connectivity index (χ0v) is 14.2. The van der Waals surface area contributed by atoms with E-state index in [1.54, 1.807) is 17.7 Å². The Morgan fingerprint density at radius 2 is 1.91 bits per heavy atom. The molecule has 0 saturated carbocycles. The van der Waals surface area contributed by atoms with Crippen LogP contribution in [0.4, 0.5) is 0 Å². The van der Waals surface area contributed by atoms with Crippen LogP contribution in [0.2, 0.25) is 0 Å². The van der Waals surface area contributed by atoms with Crippen molar-refractivity contribution in [2.45, 2.75) is 17.1 Å². The van der Waals surface area contributed by atoms with Gasteiger partial charge in [-0.2, -0.15) is 0 Å². The third-order valence-corrected chi connectivity index (χ3v) is 5.74. The minimum atomic E-state index is 0.829. The fourth-order valence-corrected chi connectivity index (χ4v) is 4.18. The molecular formula is C16H13N5S2. The average Bonchev–Trinajstić information content (AvgIpc) is 3.15. The molecule has 7 heteroatoms. The topological polar surface area (TPSA) is 56.5 Å². The van der Waals surface area contributed by atoms with Crippen molar-refractivity contribution in [2.75, 3.05) is 0 Å². The quantitative estimate of drug-likeness (QED) is 0.529. The molecule has 0 amide bonds. The summed E-state index contributed by atoms with van der Waals surface area (Å²) in [6.07, 6.45) is 1.61. The van der Waals surface area contributed by atoms with Gasteiger partial charge >= 0.3 is 0 Å². The standard InChI is InChI=1S/C16H13N5S2/c1-10-19-20-16(21(10)2)23-15-12-8-13(11-6-4-3-5-7-11)22-14(12)17-9-18-15/h3-9H,1-2H3. The molecule has 0 N–H and O–H groups in total. The Bertz CT molecular complexity index is 975. The minimum absolute atomic E-state index is 0.829. The van der Waals surface area contributed by atoms with Crippen molar-refractivity contribution in [2.24, 2.45) is 7.05 Å². The zero-order chi connectivity index (χ0) is 15.8. The van der Waals surface area contributed by atoms with Crippen LogP contribution in [0.3, 0.4) is 0 Å². The molecule has 0 spiro atoms. The second-order valence-corrected chi connectivity index (χ2v) is 7.05. The first kappa shape index (κ1) is 14.3. The molecule has 0 aliphatic carbocycles. The van der Waals surface area contributed by atoms with E-state index in [0.29, 0.717) is 0 Å². The van der Waals surface area contributed by atoms with Crippen LogP contribution >= 0.6 is 23.1 Å². The Balaban J connectivity index is 1.79. The fourth-order valence-electron chi connectivity index (χ4n) is 2.22. The summed E-state index contributed by atoms with van der Waals surface area (Å²) in [5, 5.41) is 11.1. The van der Waals surface area contributed by atoms with Gasteiger partial charge in [-0.15, -0.1) is 21.5 Å².